The van der Waals surface area contributed by atoms with Crippen molar-refractivity contribution in [2.75, 3.05) is 31.6 Å². The lowest BCUT2D eigenvalue weighted by Gasteiger charge is -2.33. The molecule has 1 atom stereocenters. The number of aromatic nitrogens is 3. The van der Waals surface area contributed by atoms with E-state index in [0.717, 1.165) is 28.5 Å². The number of nitrogens with one attached hydrogen (secondary N) is 2. The van der Waals surface area contributed by atoms with Gasteiger partial charge in [0, 0.05) is 36.2 Å². The summed E-state index contributed by atoms with van der Waals surface area (Å²) in [6.45, 7) is 8.41. The number of carbonyl (C=O) groups is 2. The van der Waals surface area contributed by atoms with Gasteiger partial charge in [-0.05, 0) is 39.0 Å². The van der Waals surface area contributed by atoms with Crippen LogP contribution in [0, 0.1) is 20.8 Å². The first-order chi connectivity index (χ1) is 13.8. The molecular formula is C20H26N6O3. The average Bonchev–Trinajstić information content (AvgIpc) is 2.65. The molecule has 2 aromatic rings. The molecule has 3 heterocycles. The van der Waals surface area contributed by atoms with Gasteiger partial charge in [-0.3, -0.25) is 14.6 Å². The Balaban J connectivity index is 1.74. The molecule has 0 bridgehead atoms. The number of hydrogen-bond acceptors (Lipinski definition) is 7. The number of anilines is 2. The number of nitrogens with zero attached hydrogens (tertiary/aromatic N) is 4. The molecule has 1 aliphatic heterocycles. The van der Waals surface area contributed by atoms with Gasteiger partial charge in [-0.15, -0.1) is 0 Å². The molecule has 0 radical (unpaired) electrons. The van der Waals surface area contributed by atoms with E-state index < -0.39 is 0 Å². The summed E-state index contributed by atoms with van der Waals surface area (Å²) >= 11 is 0. The number of pyridine rings is 1. The maximum Gasteiger partial charge on any atom is 0.242 e. The summed E-state index contributed by atoms with van der Waals surface area (Å²) in [6.07, 6.45) is -0.342. The fourth-order valence-corrected chi connectivity index (χ4v) is 3.21. The standard InChI is InChI=1S/C20H26N6O3/c1-12-7-13(2)24-20(23-12)25-16-8-14(3)22-17(9-16)18-11-26(5-6-29-18)19(28)10-21-15(4)27/h7-9,18H,5-6,10-11H2,1-4H3,(H,21,27)(H,22,23,24,25)/t18-/m0/s1. The first-order valence-corrected chi connectivity index (χ1v) is 9.52. The van der Waals surface area contributed by atoms with Crippen LogP contribution in [0.1, 0.15) is 35.8 Å². The van der Waals surface area contributed by atoms with Gasteiger partial charge in [0.2, 0.25) is 17.8 Å². The lowest BCUT2D eigenvalue weighted by Crippen LogP contribution is -2.46. The van der Waals surface area contributed by atoms with E-state index in [4.69, 9.17) is 4.74 Å². The van der Waals surface area contributed by atoms with E-state index in [-0.39, 0.29) is 24.5 Å². The van der Waals surface area contributed by atoms with Crippen molar-refractivity contribution >= 4 is 23.5 Å². The molecule has 2 amide bonds. The molecule has 2 aromatic heterocycles. The van der Waals surface area contributed by atoms with Crippen LogP contribution in [-0.4, -0.2) is 57.9 Å². The lowest BCUT2D eigenvalue weighted by atomic mass is 10.1. The van der Waals surface area contributed by atoms with Crippen LogP contribution in [-0.2, 0) is 14.3 Å². The summed E-state index contributed by atoms with van der Waals surface area (Å²) in [5.74, 6) is 0.159. The van der Waals surface area contributed by atoms with Gasteiger partial charge in [0.05, 0.1) is 25.4 Å². The summed E-state index contributed by atoms with van der Waals surface area (Å²) in [7, 11) is 0. The van der Waals surface area contributed by atoms with Crippen molar-refractivity contribution in [2.45, 2.75) is 33.8 Å². The number of ether oxygens (including phenoxy) is 1. The van der Waals surface area contributed by atoms with Crippen LogP contribution in [0.15, 0.2) is 18.2 Å². The minimum Gasteiger partial charge on any atom is -0.368 e. The van der Waals surface area contributed by atoms with Crippen molar-refractivity contribution in [3.05, 3.63) is 41.0 Å². The van der Waals surface area contributed by atoms with E-state index in [1.54, 1.807) is 4.90 Å². The Kier molecular flexibility index (Phi) is 6.38. The molecule has 0 aliphatic carbocycles. The van der Waals surface area contributed by atoms with Gasteiger partial charge in [-0.2, -0.15) is 0 Å². The van der Waals surface area contributed by atoms with Crippen molar-refractivity contribution < 1.29 is 14.3 Å². The van der Waals surface area contributed by atoms with Gasteiger partial charge in [0.15, 0.2) is 0 Å². The highest BCUT2D eigenvalue weighted by Gasteiger charge is 2.26. The second-order valence-corrected chi connectivity index (χ2v) is 7.13. The summed E-state index contributed by atoms with van der Waals surface area (Å²) in [5, 5.41) is 5.77. The minimum absolute atomic E-state index is 0.0137. The van der Waals surface area contributed by atoms with Crippen molar-refractivity contribution in [1.29, 1.82) is 0 Å². The highest BCUT2D eigenvalue weighted by atomic mass is 16.5. The molecule has 2 N–H and O–H groups in total. The predicted molar refractivity (Wildman–Crippen MR) is 108 cm³/mol. The molecule has 0 spiro atoms. The minimum atomic E-state index is -0.342. The van der Waals surface area contributed by atoms with Crippen LogP contribution in [0.4, 0.5) is 11.6 Å². The average molecular weight is 398 g/mol. The van der Waals surface area contributed by atoms with E-state index in [9.17, 15) is 9.59 Å². The molecule has 3 rings (SSSR count). The zero-order valence-electron chi connectivity index (χ0n) is 17.2. The van der Waals surface area contributed by atoms with Crippen LogP contribution in [0.2, 0.25) is 0 Å². The van der Waals surface area contributed by atoms with Crippen LogP contribution in [0.25, 0.3) is 0 Å². The topological polar surface area (TPSA) is 109 Å². The lowest BCUT2D eigenvalue weighted by molar-refractivity contribution is -0.139. The van der Waals surface area contributed by atoms with Gasteiger partial charge >= 0.3 is 0 Å². The van der Waals surface area contributed by atoms with E-state index in [1.807, 2.05) is 39.0 Å². The first-order valence-electron chi connectivity index (χ1n) is 9.52. The van der Waals surface area contributed by atoms with Crippen LogP contribution < -0.4 is 10.6 Å². The monoisotopic (exact) mass is 398 g/mol. The van der Waals surface area contributed by atoms with Gasteiger partial charge in [-0.25, -0.2) is 9.97 Å². The van der Waals surface area contributed by atoms with E-state index in [0.29, 0.717) is 25.6 Å². The Morgan fingerprint density at radius 3 is 2.48 bits per heavy atom. The molecule has 9 heteroatoms. The Morgan fingerprint density at radius 1 is 1.10 bits per heavy atom. The number of rotatable bonds is 5. The van der Waals surface area contributed by atoms with Crippen molar-refractivity contribution in [3.8, 4) is 0 Å². The summed E-state index contributed by atoms with van der Waals surface area (Å²) in [5.41, 5.74) is 4.13. The highest BCUT2D eigenvalue weighted by Crippen LogP contribution is 2.25. The first kappa shape index (κ1) is 20.7. The Hall–Kier alpha value is -3.07. The zero-order chi connectivity index (χ0) is 21.0. The molecule has 1 fully saturated rings. The van der Waals surface area contributed by atoms with Crippen LogP contribution >= 0.6 is 0 Å². The summed E-state index contributed by atoms with van der Waals surface area (Å²) in [4.78, 5) is 38.5. The summed E-state index contributed by atoms with van der Waals surface area (Å²) < 4.78 is 5.87. The number of carbonyl (C=O) groups excluding carboxylic acids is 2. The van der Waals surface area contributed by atoms with Gasteiger partial charge in [0.25, 0.3) is 0 Å². The van der Waals surface area contributed by atoms with Crippen LogP contribution in [0.3, 0.4) is 0 Å². The fourth-order valence-electron chi connectivity index (χ4n) is 3.21. The molecule has 1 saturated heterocycles. The van der Waals surface area contributed by atoms with Crippen molar-refractivity contribution in [3.63, 3.8) is 0 Å². The Labute approximate surface area is 169 Å². The van der Waals surface area contributed by atoms with Crippen LogP contribution in [0.5, 0.6) is 0 Å². The SMILES string of the molecule is CC(=O)NCC(=O)N1CCO[C@H](c2cc(Nc3nc(C)cc(C)n3)cc(C)n2)C1. The maximum atomic E-state index is 12.3. The van der Waals surface area contributed by atoms with Crippen molar-refractivity contribution in [1.82, 2.24) is 25.2 Å². The second-order valence-electron chi connectivity index (χ2n) is 7.13. The highest BCUT2D eigenvalue weighted by molar-refractivity contribution is 5.83. The molecule has 1 aliphatic rings. The maximum absolute atomic E-state index is 12.3. The predicted octanol–water partition coefficient (Wildman–Crippen LogP) is 1.58. The molecule has 0 saturated carbocycles. The quantitative estimate of drug-likeness (QED) is 0.787. The largest absolute Gasteiger partial charge is 0.368 e. The molecule has 0 aromatic carbocycles. The molecular weight excluding hydrogens is 372 g/mol. The number of morpholine rings is 1. The third-order valence-electron chi connectivity index (χ3n) is 4.45. The normalized spacial score (nSPS) is 16.4. The molecule has 29 heavy (non-hydrogen) atoms. The Bertz CT molecular complexity index is 897. The second kappa shape index (κ2) is 8.95. The van der Waals surface area contributed by atoms with Crippen molar-refractivity contribution in [2.24, 2.45) is 0 Å². The number of amides is 2. The molecule has 0 unspecified atom stereocenters. The van der Waals surface area contributed by atoms with E-state index in [2.05, 4.69) is 25.6 Å². The number of hydrogen-bond donors (Lipinski definition) is 2. The smallest absolute Gasteiger partial charge is 0.242 e. The third-order valence-corrected chi connectivity index (χ3v) is 4.45. The van der Waals surface area contributed by atoms with E-state index >= 15 is 0 Å². The summed E-state index contributed by atoms with van der Waals surface area (Å²) in [6, 6.07) is 5.71. The number of aryl methyl sites for hydroxylation is 3. The van der Waals surface area contributed by atoms with Gasteiger partial charge in [-0.1, -0.05) is 0 Å². The van der Waals surface area contributed by atoms with Gasteiger partial charge < -0.3 is 20.3 Å². The Morgan fingerprint density at radius 2 is 1.79 bits per heavy atom. The van der Waals surface area contributed by atoms with Gasteiger partial charge in [0.1, 0.15) is 6.10 Å². The zero-order valence-corrected chi connectivity index (χ0v) is 17.2. The third kappa shape index (κ3) is 5.71. The molecule has 154 valence electrons. The molecule has 9 nitrogen and oxygen atoms in total. The fraction of sp³-hybridized carbons (Fsp3) is 0.450. The van der Waals surface area contributed by atoms with E-state index in [1.165, 1.54) is 6.92 Å².